The monoisotopic (exact) mass is 234 g/mol. The van der Waals surface area contributed by atoms with Gasteiger partial charge in [-0.3, -0.25) is 4.79 Å². The summed E-state index contributed by atoms with van der Waals surface area (Å²) in [5, 5.41) is 10.0. The van der Waals surface area contributed by atoms with Crippen LogP contribution in [0.3, 0.4) is 0 Å². The Kier molecular flexibility index (Phi) is 3.20. The predicted molar refractivity (Wildman–Crippen MR) is 65.5 cm³/mol. The zero-order valence-electron chi connectivity index (χ0n) is 10.3. The van der Waals surface area contributed by atoms with E-state index in [0.717, 1.165) is 18.4 Å². The molecule has 0 aliphatic carbocycles. The van der Waals surface area contributed by atoms with Gasteiger partial charge in [0.25, 0.3) is 0 Å². The Bertz CT molecular complexity index is 435. The molecule has 2 rings (SSSR count). The van der Waals surface area contributed by atoms with Crippen LogP contribution in [0, 0.1) is 0 Å². The highest BCUT2D eigenvalue weighted by Gasteiger charge is 2.32. The average Bonchev–Trinajstić information content (AvgIpc) is 2.37. The van der Waals surface area contributed by atoms with Crippen molar-refractivity contribution in [1.29, 1.82) is 0 Å². The standard InChI is InChI=1S/C14H18O3/c1-3-14(2,16)13(15)11-8-4-6-10-7-5-9-17-12(10)11/h4,6,8,16H,3,5,7,9H2,1-2H3. The molecule has 0 saturated carbocycles. The average molecular weight is 234 g/mol. The number of benzene rings is 1. The molecule has 1 aliphatic rings. The quantitative estimate of drug-likeness (QED) is 0.817. The van der Waals surface area contributed by atoms with Gasteiger partial charge in [0.1, 0.15) is 11.4 Å². The summed E-state index contributed by atoms with van der Waals surface area (Å²) in [6.07, 6.45) is 2.31. The van der Waals surface area contributed by atoms with E-state index >= 15 is 0 Å². The van der Waals surface area contributed by atoms with Crippen LogP contribution in [0.4, 0.5) is 0 Å². The zero-order valence-corrected chi connectivity index (χ0v) is 10.3. The minimum Gasteiger partial charge on any atom is -0.493 e. The van der Waals surface area contributed by atoms with Crippen LogP contribution in [-0.4, -0.2) is 23.1 Å². The third kappa shape index (κ3) is 2.20. The van der Waals surface area contributed by atoms with E-state index in [1.165, 1.54) is 0 Å². The molecule has 1 N–H and O–H groups in total. The predicted octanol–water partition coefficient (Wildman–Crippen LogP) is 2.36. The molecule has 0 amide bonds. The highest BCUT2D eigenvalue weighted by atomic mass is 16.5. The summed E-state index contributed by atoms with van der Waals surface area (Å²) in [4.78, 5) is 12.2. The summed E-state index contributed by atoms with van der Waals surface area (Å²) >= 11 is 0. The molecule has 0 radical (unpaired) electrons. The lowest BCUT2D eigenvalue weighted by molar-refractivity contribution is 0.0386. The fraction of sp³-hybridized carbons (Fsp3) is 0.500. The summed E-state index contributed by atoms with van der Waals surface area (Å²) in [5.41, 5.74) is 0.263. The molecular formula is C14H18O3. The van der Waals surface area contributed by atoms with Crippen LogP contribution in [0.15, 0.2) is 18.2 Å². The highest BCUT2D eigenvalue weighted by Crippen LogP contribution is 2.31. The fourth-order valence-electron chi connectivity index (χ4n) is 2.02. The number of ether oxygens (including phenoxy) is 1. The van der Waals surface area contributed by atoms with E-state index in [9.17, 15) is 9.90 Å². The third-order valence-electron chi connectivity index (χ3n) is 3.36. The summed E-state index contributed by atoms with van der Waals surface area (Å²) in [6, 6.07) is 5.56. The second-order valence-electron chi connectivity index (χ2n) is 4.70. The highest BCUT2D eigenvalue weighted by molar-refractivity contribution is 6.04. The van der Waals surface area contributed by atoms with E-state index in [0.29, 0.717) is 24.3 Å². The molecule has 0 fully saturated rings. The number of Topliss-reactive ketones (excluding diaryl/α,β-unsaturated/α-hetero) is 1. The largest absolute Gasteiger partial charge is 0.493 e. The number of para-hydroxylation sites is 1. The molecule has 1 unspecified atom stereocenters. The Balaban J connectivity index is 2.42. The second kappa shape index (κ2) is 4.49. The maximum Gasteiger partial charge on any atom is 0.197 e. The Morgan fingerprint density at radius 1 is 1.53 bits per heavy atom. The molecule has 17 heavy (non-hydrogen) atoms. The molecule has 1 aromatic carbocycles. The lowest BCUT2D eigenvalue weighted by atomic mass is 9.90. The van der Waals surface area contributed by atoms with Crippen LogP contribution in [0.25, 0.3) is 0 Å². The lowest BCUT2D eigenvalue weighted by Crippen LogP contribution is -2.34. The molecule has 0 bridgehead atoms. The van der Waals surface area contributed by atoms with Gasteiger partial charge in [0.15, 0.2) is 5.78 Å². The van der Waals surface area contributed by atoms with E-state index in [2.05, 4.69) is 0 Å². The number of aryl methyl sites for hydroxylation is 1. The van der Waals surface area contributed by atoms with Crippen molar-refractivity contribution in [2.45, 2.75) is 38.7 Å². The molecule has 1 aliphatic heterocycles. The van der Waals surface area contributed by atoms with E-state index in [1.54, 1.807) is 19.9 Å². The van der Waals surface area contributed by atoms with Gasteiger partial charge in [-0.1, -0.05) is 19.1 Å². The number of carbonyl (C=O) groups is 1. The minimum absolute atomic E-state index is 0.251. The number of hydrogen-bond acceptors (Lipinski definition) is 3. The first kappa shape index (κ1) is 12.1. The first-order valence-electron chi connectivity index (χ1n) is 6.08. The Morgan fingerprint density at radius 2 is 2.29 bits per heavy atom. The van der Waals surface area contributed by atoms with Crippen molar-refractivity contribution in [3.63, 3.8) is 0 Å². The van der Waals surface area contributed by atoms with Crippen molar-refractivity contribution in [2.24, 2.45) is 0 Å². The topological polar surface area (TPSA) is 46.5 Å². The molecule has 3 heteroatoms. The van der Waals surface area contributed by atoms with Crippen molar-refractivity contribution >= 4 is 5.78 Å². The van der Waals surface area contributed by atoms with E-state index in [1.807, 2.05) is 12.1 Å². The maximum atomic E-state index is 12.2. The molecule has 92 valence electrons. The molecule has 0 saturated heterocycles. The van der Waals surface area contributed by atoms with E-state index in [-0.39, 0.29) is 5.78 Å². The van der Waals surface area contributed by atoms with Crippen molar-refractivity contribution in [3.05, 3.63) is 29.3 Å². The number of fused-ring (bicyclic) bond motifs is 1. The van der Waals surface area contributed by atoms with Gasteiger partial charge in [-0.15, -0.1) is 0 Å². The van der Waals surface area contributed by atoms with Gasteiger partial charge in [-0.2, -0.15) is 0 Å². The van der Waals surface area contributed by atoms with Crippen molar-refractivity contribution in [1.82, 2.24) is 0 Å². The maximum absolute atomic E-state index is 12.2. The molecular weight excluding hydrogens is 216 g/mol. The number of carbonyl (C=O) groups excluding carboxylic acids is 1. The van der Waals surface area contributed by atoms with Gasteiger partial charge in [-0.25, -0.2) is 0 Å². The molecule has 0 spiro atoms. The van der Waals surface area contributed by atoms with Crippen LogP contribution >= 0.6 is 0 Å². The Hall–Kier alpha value is -1.35. The fourth-order valence-corrected chi connectivity index (χ4v) is 2.02. The number of hydrogen-bond donors (Lipinski definition) is 1. The van der Waals surface area contributed by atoms with Crippen molar-refractivity contribution < 1.29 is 14.6 Å². The second-order valence-corrected chi connectivity index (χ2v) is 4.70. The minimum atomic E-state index is -1.31. The Morgan fingerprint density at radius 3 is 3.00 bits per heavy atom. The Labute approximate surface area is 101 Å². The summed E-state index contributed by atoms with van der Waals surface area (Å²) < 4.78 is 5.58. The normalized spacial score (nSPS) is 17.8. The van der Waals surface area contributed by atoms with Crippen LogP contribution in [-0.2, 0) is 6.42 Å². The SMILES string of the molecule is CCC(C)(O)C(=O)c1cccc2c1OCCC2. The molecule has 0 aromatic heterocycles. The van der Waals surface area contributed by atoms with Crippen LogP contribution in [0.1, 0.15) is 42.6 Å². The van der Waals surface area contributed by atoms with Crippen LogP contribution < -0.4 is 4.74 Å². The molecule has 1 heterocycles. The van der Waals surface area contributed by atoms with Gasteiger partial charge >= 0.3 is 0 Å². The molecule has 3 nitrogen and oxygen atoms in total. The summed E-state index contributed by atoms with van der Waals surface area (Å²) in [5.74, 6) is 0.413. The smallest absolute Gasteiger partial charge is 0.197 e. The van der Waals surface area contributed by atoms with Crippen LogP contribution in [0.2, 0.25) is 0 Å². The first-order chi connectivity index (χ1) is 8.06. The number of rotatable bonds is 3. The van der Waals surface area contributed by atoms with Crippen LogP contribution in [0.5, 0.6) is 5.75 Å². The first-order valence-corrected chi connectivity index (χ1v) is 6.08. The van der Waals surface area contributed by atoms with Gasteiger partial charge in [0, 0.05) is 0 Å². The third-order valence-corrected chi connectivity index (χ3v) is 3.36. The van der Waals surface area contributed by atoms with Crippen molar-refractivity contribution in [2.75, 3.05) is 6.61 Å². The molecule has 1 atom stereocenters. The lowest BCUT2D eigenvalue weighted by Gasteiger charge is -2.24. The van der Waals surface area contributed by atoms with Gasteiger partial charge in [-0.05, 0) is 37.8 Å². The van der Waals surface area contributed by atoms with Gasteiger partial charge < -0.3 is 9.84 Å². The number of aliphatic hydroxyl groups is 1. The van der Waals surface area contributed by atoms with Gasteiger partial charge in [0.2, 0.25) is 0 Å². The van der Waals surface area contributed by atoms with E-state index < -0.39 is 5.60 Å². The van der Waals surface area contributed by atoms with Crippen molar-refractivity contribution in [3.8, 4) is 5.75 Å². The molecule has 1 aromatic rings. The zero-order chi connectivity index (χ0) is 12.5. The van der Waals surface area contributed by atoms with Gasteiger partial charge in [0.05, 0.1) is 12.2 Å². The number of ketones is 1. The van der Waals surface area contributed by atoms with E-state index in [4.69, 9.17) is 4.74 Å². The summed E-state index contributed by atoms with van der Waals surface area (Å²) in [6.45, 7) is 4.00. The summed E-state index contributed by atoms with van der Waals surface area (Å²) in [7, 11) is 0.